The highest BCUT2D eigenvalue weighted by molar-refractivity contribution is 7.89. The molecular formula is C27H25NO6S. The lowest BCUT2D eigenvalue weighted by Crippen LogP contribution is -2.36. The molecule has 2 heterocycles. The zero-order valence-electron chi connectivity index (χ0n) is 19.3. The minimum atomic E-state index is -3.70. The molecule has 3 aromatic carbocycles. The maximum Gasteiger partial charge on any atom is 0.338 e. The molecule has 0 saturated carbocycles. The number of sulfonamides is 1. The monoisotopic (exact) mass is 491 g/mol. The van der Waals surface area contributed by atoms with Gasteiger partial charge in [0.05, 0.1) is 10.5 Å². The van der Waals surface area contributed by atoms with Crippen molar-refractivity contribution < 1.29 is 22.4 Å². The van der Waals surface area contributed by atoms with Crippen LogP contribution in [0.2, 0.25) is 0 Å². The summed E-state index contributed by atoms with van der Waals surface area (Å²) in [6.07, 6.45) is 2.67. The number of hydrogen-bond donors (Lipinski definition) is 0. The van der Waals surface area contributed by atoms with E-state index in [9.17, 15) is 18.0 Å². The Morgan fingerprint density at radius 3 is 2.57 bits per heavy atom. The highest BCUT2D eigenvalue weighted by Gasteiger charge is 2.28. The number of carbonyl (C=O) groups excluding carboxylic acids is 1. The summed E-state index contributed by atoms with van der Waals surface area (Å²) < 4.78 is 38.8. The van der Waals surface area contributed by atoms with Crippen molar-refractivity contribution in [3.8, 4) is 0 Å². The summed E-state index contributed by atoms with van der Waals surface area (Å²) in [6.45, 7) is 2.52. The van der Waals surface area contributed by atoms with Gasteiger partial charge in [0.25, 0.3) is 0 Å². The second-order valence-corrected chi connectivity index (χ2v) is 10.7. The summed E-state index contributed by atoms with van der Waals surface area (Å²) in [7, 11) is -3.70. The molecule has 7 nitrogen and oxygen atoms in total. The van der Waals surface area contributed by atoms with Crippen molar-refractivity contribution in [3.63, 3.8) is 0 Å². The molecule has 0 unspecified atom stereocenters. The number of benzene rings is 3. The average Bonchev–Trinajstić information content (AvgIpc) is 2.87. The van der Waals surface area contributed by atoms with Gasteiger partial charge in [-0.1, -0.05) is 42.8 Å². The van der Waals surface area contributed by atoms with Gasteiger partial charge >= 0.3 is 11.6 Å². The number of esters is 1. The van der Waals surface area contributed by atoms with E-state index in [2.05, 4.69) is 0 Å². The number of fused-ring (bicyclic) bond motifs is 3. The SMILES string of the molecule is Cc1ccc(C(=O)OCc2cc(=O)oc3ccc4ccccc4c23)cc1S(=O)(=O)N1CCCCC1. The normalized spacial score (nSPS) is 14.9. The molecule has 0 bridgehead atoms. The summed E-state index contributed by atoms with van der Waals surface area (Å²) in [5, 5.41) is 2.55. The Morgan fingerprint density at radius 1 is 1.00 bits per heavy atom. The lowest BCUT2D eigenvalue weighted by Gasteiger charge is -2.26. The number of piperidine rings is 1. The second-order valence-electron chi connectivity index (χ2n) is 8.77. The van der Waals surface area contributed by atoms with Crippen molar-refractivity contribution >= 4 is 37.7 Å². The van der Waals surface area contributed by atoms with Gasteiger partial charge in [-0.05, 0) is 54.3 Å². The number of ether oxygens (including phenoxy) is 1. The molecule has 35 heavy (non-hydrogen) atoms. The van der Waals surface area contributed by atoms with Gasteiger partial charge < -0.3 is 9.15 Å². The third-order valence-electron chi connectivity index (χ3n) is 6.43. The van der Waals surface area contributed by atoms with Gasteiger partial charge in [0.1, 0.15) is 12.2 Å². The summed E-state index contributed by atoms with van der Waals surface area (Å²) in [5.41, 5.74) is 1.11. The molecular weight excluding hydrogens is 466 g/mol. The molecule has 5 rings (SSSR count). The van der Waals surface area contributed by atoms with E-state index in [-0.39, 0.29) is 17.1 Å². The third kappa shape index (κ3) is 4.47. The van der Waals surface area contributed by atoms with E-state index >= 15 is 0 Å². The van der Waals surface area contributed by atoms with Gasteiger partial charge in [-0.2, -0.15) is 4.31 Å². The van der Waals surface area contributed by atoms with Crippen LogP contribution in [0.1, 0.15) is 40.7 Å². The molecule has 0 radical (unpaired) electrons. The molecule has 180 valence electrons. The van der Waals surface area contributed by atoms with E-state index in [1.54, 1.807) is 25.1 Å². The highest BCUT2D eigenvalue weighted by atomic mass is 32.2. The Labute approximate surface area is 203 Å². The predicted molar refractivity (Wildman–Crippen MR) is 133 cm³/mol. The molecule has 0 amide bonds. The first-order valence-corrected chi connectivity index (χ1v) is 13.0. The van der Waals surface area contributed by atoms with Crippen LogP contribution < -0.4 is 5.63 Å². The Morgan fingerprint density at radius 2 is 1.77 bits per heavy atom. The minimum absolute atomic E-state index is 0.116. The van der Waals surface area contributed by atoms with E-state index in [0.717, 1.165) is 30.0 Å². The zero-order chi connectivity index (χ0) is 24.6. The van der Waals surface area contributed by atoms with Gasteiger partial charge in [0.2, 0.25) is 10.0 Å². The quantitative estimate of drug-likeness (QED) is 0.226. The van der Waals surface area contributed by atoms with Crippen molar-refractivity contribution in [1.82, 2.24) is 4.31 Å². The van der Waals surface area contributed by atoms with Crippen molar-refractivity contribution in [2.24, 2.45) is 0 Å². The van der Waals surface area contributed by atoms with Crippen LogP contribution in [0.3, 0.4) is 0 Å². The number of rotatable bonds is 5. The maximum atomic E-state index is 13.2. The van der Waals surface area contributed by atoms with Crippen molar-refractivity contribution in [2.45, 2.75) is 37.7 Å². The molecule has 8 heteroatoms. The van der Waals surface area contributed by atoms with Gasteiger partial charge in [0, 0.05) is 30.1 Å². The summed E-state index contributed by atoms with van der Waals surface area (Å²) >= 11 is 0. The van der Waals surface area contributed by atoms with Crippen molar-refractivity contribution in [2.75, 3.05) is 13.1 Å². The number of hydrogen-bond acceptors (Lipinski definition) is 6. The summed E-state index contributed by atoms with van der Waals surface area (Å²) in [6, 6.07) is 17.1. The molecule has 1 aromatic heterocycles. The predicted octanol–water partition coefficient (Wildman–Crippen LogP) is 4.79. The summed E-state index contributed by atoms with van der Waals surface area (Å²) in [5.74, 6) is -0.665. The Bertz CT molecular complexity index is 1600. The topological polar surface area (TPSA) is 93.9 Å². The van der Waals surface area contributed by atoms with Crippen LogP contribution in [0.5, 0.6) is 0 Å². The standard InChI is InChI=1S/C27H25NO6S/c1-18-9-10-20(15-24(18)35(31,32)28-13-5-2-6-14-28)27(30)33-17-21-16-25(29)34-23-12-11-19-7-3-4-8-22(19)26(21)23/h3-4,7-12,15-16H,2,5-6,13-14,17H2,1H3. The third-order valence-corrected chi connectivity index (χ3v) is 8.47. The lowest BCUT2D eigenvalue weighted by molar-refractivity contribution is 0.0473. The van der Waals surface area contributed by atoms with E-state index in [4.69, 9.17) is 9.15 Å². The molecule has 1 aliphatic rings. The molecule has 0 atom stereocenters. The largest absolute Gasteiger partial charge is 0.457 e. The van der Waals surface area contributed by atoms with Crippen LogP contribution >= 0.6 is 0 Å². The van der Waals surface area contributed by atoms with Crippen LogP contribution in [0.15, 0.2) is 74.8 Å². The zero-order valence-corrected chi connectivity index (χ0v) is 20.1. The highest BCUT2D eigenvalue weighted by Crippen LogP contribution is 2.28. The number of nitrogens with zero attached hydrogens (tertiary/aromatic N) is 1. The first kappa shape index (κ1) is 23.3. The Kier molecular flexibility index (Phi) is 6.17. The first-order chi connectivity index (χ1) is 16.8. The molecule has 0 spiro atoms. The summed E-state index contributed by atoms with van der Waals surface area (Å²) in [4.78, 5) is 25.2. The molecule has 1 aliphatic heterocycles. The van der Waals surface area contributed by atoms with Crippen molar-refractivity contribution in [1.29, 1.82) is 0 Å². The Hall–Kier alpha value is -3.49. The lowest BCUT2D eigenvalue weighted by atomic mass is 10.0. The Balaban J connectivity index is 1.45. The number of aryl methyl sites for hydroxylation is 1. The van der Waals surface area contributed by atoms with Crippen LogP contribution in [0, 0.1) is 6.92 Å². The van der Waals surface area contributed by atoms with Gasteiger partial charge in [-0.3, -0.25) is 0 Å². The van der Waals surface area contributed by atoms with Crippen LogP contribution in [0.25, 0.3) is 21.7 Å². The van der Waals surface area contributed by atoms with E-state index < -0.39 is 21.6 Å². The van der Waals surface area contributed by atoms with Crippen LogP contribution in [0.4, 0.5) is 0 Å². The fraction of sp³-hybridized carbons (Fsp3) is 0.259. The molecule has 0 aliphatic carbocycles. The van der Waals surface area contributed by atoms with Crippen LogP contribution in [-0.2, 0) is 21.4 Å². The van der Waals surface area contributed by atoms with E-state index in [1.807, 2.05) is 30.3 Å². The van der Waals surface area contributed by atoms with Crippen LogP contribution in [-0.4, -0.2) is 31.8 Å². The smallest absolute Gasteiger partial charge is 0.338 e. The fourth-order valence-electron chi connectivity index (χ4n) is 4.61. The minimum Gasteiger partial charge on any atom is -0.457 e. The van der Waals surface area contributed by atoms with Crippen molar-refractivity contribution in [3.05, 3.63) is 87.8 Å². The maximum absolute atomic E-state index is 13.2. The average molecular weight is 492 g/mol. The molecule has 0 N–H and O–H groups in total. The second kappa shape index (κ2) is 9.28. The van der Waals surface area contributed by atoms with Gasteiger partial charge in [0.15, 0.2) is 0 Å². The molecule has 1 saturated heterocycles. The number of carbonyl (C=O) groups is 1. The molecule has 1 fully saturated rings. The first-order valence-electron chi connectivity index (χ1n) is 11.6. The van der Waals surface area contributed by atoms with Gasteiger partial charge in [-0.25, -0.2) is 18.0 Å². The van der Waals surface area contributed by atoms with Gasteiger partial charge in [-0.15, -0.1) is 0 Å². The van der Waals surface area contributed by atoms with E-state index in [0.29, 0.717) is 35.2 Å². The van der Waals surface area contributed by atoms with E-state index in [1.165, 1.54) is 16.4 Å². The fourth-order valence-corrected chi connectivity index (χ4v) is 6.38. The molecule has 4 aromatic rings.